The van der Waals surface area contributed by atoms with Crippen LogP contribution in [0.3, 0.4) is 0 Å². The van der Waals surface area contributed by atoms with Gasteiger partial charge >= 0.3 is 0 Å². The summed E-state index contributed by atoms with van der Waals surface area (Å²) in [7, 11) is 0. The van der Waals surface area contributed by atoms with Gasteiger partial charge in [-0.3, -0.25) is 4.98 Å². The maximum absolute atomic E-state index is 10.0. The fourth-order valence-electron chi connectivity index (χ4n) is 1.36. The van der Waals surface area contributed by atoms with Gasteiger partial charge in [-0.05, 0) is 13.0 Å². The number of nitrogens with zero attached hydrogens (tertiary/aromatic N) is 2. The molecule has 1 unspecified atom stereocenters. The molecule has 1 atom stereocenters. The van der Waals surface area contributed by atoms with Gasteiger partial charge in [0.05, 0.1) is 24.0 Å². The van der Waals surface area contributed by atoms with Crippen molar-refractivity contribution in [3.8, 4) is 5.75 Å². The molecule has 0 aromatic carbocycles. The molecule has 0 saturated heterocycles. The van der Waals surface area contributed by atoms with Gasteiger partial charge in [0.2, 0.25) is 0 Å². The van der Waals surface area contributed by atoms with Crippen molar-refractivity contribution in [2.45, 2.75) is 13.0 Å². The lowest BCUT2D eigenvalue weighted by molar-refractivity contribution is 0.214. The van der Waals surface area contributed by atoms with Crippen molar-refractivity contribution < 1.29 is 9.84 Å². The number of aromatic nitrogens is 2. The molecule has 0 fully saturated rings. The summed E-state index contributed by atoms with van der Waals surface area (Å²) in [5.74, 6) is 0.661. The first-order chi connectivity index (χ1) is 7.81. The van der Waals surface area contributed by atoms with Crippen molar-refractivity contribution in [1.29, 1.82) is 0 Å². The molecule has 0 aliphatic heterocycles. The minimum atomic E-state index is -0.737. The second kappa shape index (κ2) is 5.05. The standard InChI is InChI=1S/C11H12N2O2S/c1-2-15-9-3-8(4-12-5-9)11(14)10-6-16-7-13-10/h3-7,11,14H,2H2,1H3. The van der Waals surface area contributed by atoms with Gasteiger partial charge in [0.1, 0.15) is 11.9 Å². The zero-order valence-corrected chi connectivity index (χ0v) is 9.65. The number of hydrogen-bond acceptors (Lipinski definition) is 5. The van der Waals surface area contributed by atoms with Crippen molar-refractivity contribution in [1.82, 2.24) is 9.97 Å². The second-order valence-electron chi connectivity index (χ2n) is 3.20. The molecule has 0 radical (unpaired) electrons. The molecule has 2 aromatic heterocycles. The molecular weight excluding hydrogens is 224 g/mol. The number of ether oxygens (including phenoxy) is 1. The van der Waals surface area contributed by atoms with Crippen LogP contribution in [0.2, 0.25) is 0 Å². The SMILES string of the molecule is CCOc1cncc(C(O)c2cscn2)c1. The van der Waals surface area contributed by atoms with Crippen LogP contribution in [0.15, 0.2) is 29.4 Å². The molecule has 0 bridgehead atoms. The lowest BCUT2D eigenvalue weighted by Gasteiger charge is -2.09. The Balaban J connectivity index is 2.23. The fraction of sp³-hybridized carbons (Fsp3) is 0.273. The van der Waals surface area contributed by atoms with Gasteiger partial charge in [0, 0.05) is 17.1 Å². The van der Waals surface area contributed by atoms with Crippen LogP contribution in [0.4, 0.5) is 0 Å². The first-order valence-electron chi connectivity index (χ1n) is 4.95. The van der Waals surface area contributed by atoms with Gasteiger partial charge in [0.15, 0.2) is 0 Å². The maximum atomic E-state index is 10.0. The van der Waals surface area contributed by atoms with Gasteiger partial charge in [-0.25, -0.2) is 4.98 Å². The lowest BCUT2D eigenvalue weighted by Crippen LogP contribution is -2.01. The van der Waals surface area contributed by atoms with Gasteiger partial charge in [0.25, 0.3) is 0 Å². The van der Waals surface area contributed by atoms with E-state index in [1.807, 2.05) is 12.3 Å². The summed E-state index contributed by atoms with van der Waals surface area (Å²) in [6.45, 7) is 2.49. The summed E-state index contributed by atoms with van der Waals surface area (Å²) < 4.78 is 5.32. The topological polar surface area (TPSA) is 55.2 Å². The van der Waals surface area contributed by atoms with E-state index >= 15 is 0 Å². The molecule has 0 aliphatic rings. The quantitative estimate of drug-likeness (QED) is 0.882. The molecule has 5 heteroatoms. The van der Waals surface area contributed by atoms with E-state index in [2.05, 4.69) is 9.97 Å². The highest BCUT2D eigenvalue weighted by molar-refractivity contribution is 7.07. The molecule has 2 aromatic rings. The Hall–Kier alpha value is -1.46. The van der Waals surface area contributed by atoms with Crippen LogP contribution in [-0.4, -0.2) is 21.7 Å². The summed E-state index contributed by atoms with van der Waals surface area (Å²) in [5.41, 5.74) is 3.02. The van der Waals surface area contributed by atoms with E-state index in [0.29, 0.717) is 23.6 Å². The van der Waals surface area contributed by atoms with Gasteiger partial charge in [-0.1, -0.05) is 0 Å². The summed E-state index contributed by atoms with van der Waals surface area (Å²) in [5, 5.41) is 11.8. The van der Waals surface area contributed by atoms with E-state index in [9.17, 15) is 5.11 Å². The Morgan fingerprint density at radius 3 is 3.06 bits per heavy atom. The van der Waals surface area contributed by atoms with Crippen molar-refractivity contribution in [3.63, 3.8) is 0 Å². The highest BCUT2D eigenvalue weighted by Crippen LogP contribution is 2.23. The highest BCUT2D eigenvalue weighted by Gasteiger charge is 2.13. The Kier molecular flexibility index (Phi) is 3.48. The van der Waals surface area contributed by atoms with E-state index in [0.717, 1.165) is 0 Å². The highest BCUT2D eigenvalue weighted by atomic mass is 32.1. The summed E-state index contributed by atoms with van der Waals surface area (Å²) in [6.07, 6.45) is 2.51. The number of thiazole rings is 1. The van der Waals surface area contributed by atoms with E-state index in [1.54, 1.807) is 24.0 Å². The van der Waals surface area contributed by atoms with Crippen molar-refractivity contribution in [2.75, 3.05) is 6.61 Å². The zero-order chi connectivity index (χ0) is 11.4. The first-order valence-corrected chi connectivity index (χ1v) is 5.89. The third-order valence-electron chi connectivity index (χ3n) is 2.09. The first kappa shape index (κ1) is 11.0. The Labute approximate surface area is 97.6 Å². The van der Waals surface area contributed by atoms with E-state index < -0.39 is 6.10 Å². The number of aliphatic hydroxyl groups excluding tert-OH is 1. The van der Waals surface area contributed by atoms with Crippen molar-refractivity contribution in [2.24, 2.45) is 0 Å². The predicted octanol–water partition coefficient (Wildman–Crippen LogP) is 2.02. The minimum absolute atomic E-state index is 0.581. The smallest absolute Gasteiger partial charge is 0.137 e. The molecule has 0 spiro atoms. The van der Waals surface area contributed by atoms with Crippen LogP contribution in [0.1, 0.15) is 24.3 Å². The molecule has 16 heavy (non-hydrogen) atoms. The minimum Gasteiger partial charge on any atom is -0.492 e. The molecule has 84 valence electrons. The molecule has 0 saturated carbocycles. The zero-order valence-electron chi connectivity index (χ0n) is 8.83. The molecule has 4 nitrogen and oxygen atoms in total. The van der Waals surface area contributed by atoms with Crippen LogP contribution in [0.25, 0.3) is 0 Å². The van der Waals surface area contributed by atoms with Crippen molar-refractivity contribution in [3.05, 3.63) is 40.6 Å². The average molecular weight is 236 g/mol. The number of aliphatic hydroxyl groups is 1. The number of rotatable bonds is 4. The largest absolute Gasteiger partial charge is 0.492 e. The van der Waals surface area contributed by atoms with Crippen LogP contribution >= 0.6 is 11.3 Å². The van der Waals surface area contributed by atoms with Crippen LogP contribution in [0, 0.1) is 0 Å². The maximum Gasteiger partial charge on any atom is 0.137 e. The van der Waals surface area contributed by atoms with Crippen molar-refractivity contribution >= 4 is 11.3 Å². The van der Waals surface area contributed by atoms with Gasteiger partial charge < -0.3 is 9.84 Å². The lowest BCUT2D eigenvalue weighted by atomic mass is 10.1. The Morgan fingerprint density at radius 2 is 2.38 bits per heavy atom. The normalized spacial score (nSPS) is 12.4. The van der Waals surface area contributed by atoms with Gasteiger partial charge in [-0.15, -0.1) is 11.3 Å². The number of pyridine rings is 1. The summed E-state index contributed by atoms with van der Waals surface area (Å²) in [6, 6.07) is 1.78. The average Bonchev–Trinajstić information content (AvgIpc) is 2.82. The monoisotopic (exact) mass is 236 g/mol. The van der Waals surface area contributed by atoms with Gasteiger partial charge in [-0.2, -0.15) is 0 Å². The second-order valence-corrected chi connectivity index (χ2v) is 3.92. The number of hydrogen-bond donors (Lipinski definition) is 1. The third-order valence-corrected chi connectivity index (χ3v) is 2.70. The third kappa shape index (κ3) is 2.37. The Bertz CT molecular complexity index is 445. The van der Waals surface area contributed by atoms with E-state index in [1.165, 1.54) is 11.3 Å². The fourth-order valence-corrected chi connectivity index (χ4v) is 1.93. The van der Waals surface area contributed by atoms with Crippen LogP contribution in [0.5, 0.6) is 5.75 Å². The van der Waals surface area contributed by atoms with Crippen LogP contribution < -0.4 is 4.74 Å². The molecule has 2 rings (SSSR count). The van der Waals surface area contributed by atoms with E-state index in [-0.39, 0.29) is 0 Å². The summed E-state index contributed by atoms with van der Waals surface area (Å²) in [4.78, 5) is 8.09. The van der Waals surface area contributed by atoms with E-state index in [4.69, 9.17) is 4.74 Å². The van der Waals surface area contributed by atoms with Crippen LogP contribution in [-0.2, 0) is 0 Å². The molecular formula is C11H12N2O2S. The molecule has 0 aliphatic carbocycles. The predicted molar refractivity (Wildman–Crippen MR) is 61.6 cm³/mol. The Morgan fingerprint density at radius 1 is 1.50 bits per heavy atom. The molecule has 0 amide bonds. The molecule has 2 heterocycles. The summed E-state index contributed by atoms with van der Waals surface area (Å²) >= 11 is 1.45. The molecule has 1 N–H and O–H groups in total.